The molecule has 0 aromatic heterocycles. The lowest BCUT2D eigenvalue weighted by molar-refractivity contribution is 0.436. The molecule has 1 aliphatic heterocycles. The first-order chi connectivity index (χ1) is 7.92. The highest BCUT2D eigenvalue weighted by atomic mass is 16.5. The molecule has 0 aliphatic carbocycles. The van der Waals surface area contributed by atoms with E-state index < -0.39 is 0 Å². The van der Waals surface area contributed by atoms with Crippen LogP contribution >= 0.6 is 0 Å². The Morgan fingerprint density at radius 1 is 1.25 bits per heavy atom. The summed E-state index contributed by atoms with van der Waals surface area (Å²) < 4.78 is 5.46. The molecule has 0 fully saturated rings. The number of nitrogens with one attached hydrogen (secondary N) is 1. The van der Waals surface area contributed by atoms with E-state index in [9.17, 15) is 0 Å². The van der Waals surface area contributed by atoms with Crippen LogP contribution in [0.5, 0.6) is 5.75 Å². The second-order valence-electron chi connectivity index (χ2n) is 4.12. The molecule has 1 aromatic rings. The minimum Gasteiger partial charge on any atom is -0.465 e. The first-order valence-corrected chi connectivity index (χ1v) is 6.07. The number of unbranched alkanes of at least 4 members (excludes halogenated alkanes) is 2. The molecule has 86 valence electrons. The molecule has 1 aliphatic rings. The fraction of sp³-hybridized carbons (Fsp3) is 0.429. The van der Waals surface area contributed by atoms with Crippen molar-refractivity contribution in [3.05, 3.63) is 42.2 Å². The standard InChI is InChI=1S/C14H19NO/c1-2-3-6-10-15-13-9-11-16-14-8-5-4-7-12(13)14/h4-5,7-9,11,13,15H,2-3,6,10H2,1H3. The molecule has 16 heavy (non-hydrogen) atoms. The van der Waals surface area contributed by atoms with Crippen molar-refractivity contribution in [2.45, 2.75) is 32.2 Å². The van der Waals surface area contributed by atoms with E-state index in [1.807, 2.05) is 12.1 Å². The van der Waals surface area contributed by atoms with Gasteiger partial charge in [0, 0.05) is 5.56 Å². The Labute approximate surface area is 97.3 Å². The largest absolute Gasteiger partial charge is 0.465 e. The van der Waals surface area contributed by atoms with Crippen molar-refractivity contribution in [1.29, 1.82) is 0 Å². The molecule has 0 amide bonds. The van der Waals surface area contributed by atoms with E-state index in [4.69, 9.17) is 4.74 Å². The van der Waals surface area contributed by atoms with E-state index in [1.54, 1.807) is 6.26 Å². The molecule has 0 spiro atoms. The number of ether oxygens (including phenoxy) is 1. The van der Waals surface area contributed by atoms with Gasteiger partial charge < -0.3 is 10.1 Å². The van der Waals surface area contributed by atoms with Gasteiger partial charge in [0.15, 0.2) is 0 Å². The molecule has 0 saturated heterocycles. The van der Waals surface area contributed by atoms with Gasteiger partial charge in [-0.3, -0.25) is 0 Å². The Kier molecular flexibility index (Phi) is 4.00. The highest BCUT2D eigenvalue weighted by Gasteiger charge is 2.15. The second-order valence-corrected chi connectivity index (χ2v) is 4.12. The van der Waals surface area contributed by atoms with Gasteiger partial charge in [0.05, 0.1) is 12.3 Å². The summed E-state index contributed by atoms with van der Waals surface area (Å²) >= 11 is 0. The van der Waals surface area contributed by atoms with E-state index >= 15 is 0 Å². The molecular formula is C14H19NO. The average Bonchev–Trinajstić information content (AvgIpc) is 2.35. The molecule has 0 radical (unpaired) electrons. The fourth-order valence-electron chi connectivity index (χ4n) is 1.95. The quantitative estimate of drug-likeness (QED) is 0.763. The summed E-state index contributed by atoms with van der Waals surface area (Å²) in [5, 5.41) is 3.55. The number of para-hydroxylation sites is 1. The van der Waals surface area contributed by atoms with Crippen LogP contribution in [-0.4, -0.2) is 6.54 Å². The van der Waals surface area contributed by atoms with Crippen LogP contribution in [0.2, 0.25) is 0 Å². The first kappa shape index (κ1) is 11.2. The Morgan fingerprint density at radius 2 is 2.12 bits per heavy atom. The van der Waals surface area contributed by atoms with Gasteiger partial charge in [-0.2, -0.15) is 0 Å². The van der Waals surface area contributed by atoms with E-state index in [-0.39, 0.29) is 0 Å². The monoisotopic (exact) mass is 217 g/mol. The van der Waals surface area contributed by atoms with Gasteiger partial charge in [-0.05, 0) is 25.1 Å². The SMILES string of the molecule is CCCCCNC1C=COc2ccccc21. The summed E-state index contributed by atoms with van der Waals surface area (Å²) in [7, 11) is 0. The Balaban J connectivity index is 1.94. The molecule has 0 saturated carbocycles. The smallest absolute Gasteiger partial charge is 0.131 e. The van der Waals surface area contributed by atoms with Gasteiger partial charge in [-0.15, -0.1) is 0 Å². The number of benzene rings is 1. The van der Waals surface area contributed by atoms with Crippen LogP contribution in [0.25, 0.3) is 0 Å². The van der Waals surface area contributed by atoms with Crippen molar-refractivity contribution < 1.29 is 4.74 Å². The Morgan fingerprint density at radius 3 is 3.00 bits per heavy atom. The fourth-order valence-corrected chi connectivity index (χ4v) is 1.95. The van der Waals surface area contributed by atoms with Crippen LogP contribution < -0.4 is 10.1 Å². The van der Waals surface area contributed by atoms with Gasteiger partial charge >= 0.3 is 0 Å². The van der Waals surface area contributed by atoms with Gasteiger partial charge in [-0.25, -0.2) is 0 Å². The molecule has 0 bridgehead atoms. The molecule has 1 heterocycles. The minimum absolute atomic E-state index is 0.307. The van der Waals surface area contributed by atoms with Crippen LogP contribution in [0.15, 0.2) is 36.6 Å². The summed E-state index contributed by atoms with van der Waals surface area (Å²) in [6.07, 6.45) is 7.65. The zero-order chi connectivity index (χ0) is 11.2. The summed E-state index contributed by atoms with van der Waals surface area (Å²) in [5.41, 5.74) is 1.24. The maximum absolute atomic E-state index is 5.46. The van der Waals surface area contributed by atoms with Crippen LogP contribution in [0, 0.1) is 0 Å². The third-order valence-electron chi connectivity index (χ3n) is 2.86. The van der Waals surface area contributed by atoms with E-state index in [2.05, 4.69) is 30.4 Å². The highest BCUT2D eigenvalue weighted by molar-refractivity contribution is 5.40. The number of hydrogen-bond donors (Lipinski definition) is 1. The molecule has 1 N–H and O–H groups in total. The maximum Gasteiger partial charge on any atom is 0.131 e. The van der Waals surface area contributed by atoms with Gasteiger partial charge in [0.25, 0.3) is 0 Å². The molecule has 1 unspecified atom stereocenters. The summed E-state index contributed by atoms with van der Waals surface area (Å²) in [6.45, 7) is 3.29. The lowest BCUT2D eigenvalue weighted by Gasteiger charge is -2.21. The van der Waals surface area contributed by atoms with Crippen molar-refractivity contribution in [2.75, 3.05) is 6.54 Å². The van der Waals surface area contributed by atoms with E-state index in [1.165, 1.54) is 24.8 Å². The van der Waals surface area contributed by atoms with Crippen molar-refractivity contribution in [3.63, 3.8) is 0 Å². The zero-order valence-corrected chi connectivity index (χ0v) is 9.78. The number of fused-ring (bicyclic) bond motifs is 1. The topological polar surface area (TPSA) is 21.3 Å². The molecule has 2 nitrogen and oxygen atoms in total. The third-order valence-corrected chi connectivity index (χ3v) is 2.86. The molecule has 2 heteroatoms. The summed E-state index contributed by atoms with van der Waals surface area (Å²) in [6, 6.07) is 8.51. The van der Waals surface area contributed by atoms with Crippen LogP contribution in [0.3, 0.4) is 0 Å². The van der Waals surface area contributed by atoms with Crippen LogP contribution in [0.1, 0.15) is 37.8 Å². The zero-order valence-electron chi connectivity index (χ0n) is 9.78. The predicted octanol–water partition coefficient (Wildman–Crippen LogP) is 3.41. The van der Waals surface area contributed by atoms with Crippen molar-refractivity contribution in [3.8, 4) is 5.75 Å². The Bertz CT molecular complexity index is 360. The van der Waals surface area contributed by atoms with Crippen molar-refractivity contribution in [1.82, 2.24) is 5.32 Å². The number of hydrogen-bond acceptors (Lipinski definition) is 2. The van der Waals surface area contributed by atoms with Gasteiger partial charge in [-0.1, -0.05) is 38.0 Å². The lowest BCUT2D eigenvalue weighted by atomic mass is 10.0. The molecule has 2 rings (SSSR count). The van der Waals surface area contributed by atoms with Gasteiger partial charge in [0.1, 0.15) is 5.75 Å². The van der Waals surface area contributed by atoms with Crippen LogP contribution in [0.4, 0.5) is 0 Å². The van der Waals surface area contributed by atoms with Crippen molar-refractivity contribution >= 4 is 0 Å². The summed E-state index contributed by atoms with van der Waals surface area (Å²) in [4.78, 5) is 0. The average molecular weight is 217 g/mol. The first-order valence-electron chi connectivity index (χ1n) is 6.07. The highest BCUT2D eigenvalue weighted by Crippen LogP contribution is 2.29. The lowest BCUT2D eigenvalue weighted by Crippen LogP contribution is -2.23. The van der Waals surface area contributed by atoms with Crippen LogP contribution in [-0.2, 0) is 0 Å². The Hall–Kier alpha value is -1.28. The predicted molar refractivity (Wildman–Crippen MR) is 66.5 cm³/mol. The molecule has 1 atom stereocenters. The van der Waals surface area contributed by atoms with Gasteiger partial charge in [0.2, 0.25) is 0 Å². The molecule has 1 aromatic carbocycles. The molecular weight excluding hydrogens is 198 g/mol. The third kappa shape index (κ3) is 2.64. The minimum atomic E-state index is 0.307. The van der Waals surface area contributed by atoms with E-state index in [0.29, 0.717) is 6.04 Å². The number of rotatable bonds is 5. The normalized spacial score (nSPS) is 17.9. The summed E-state index contributed by atoms with van der Waals surface area (Å²) in [5.74, 6) is 0.970. The second kappa shape index (κ2) is 5.71. The van der Waals surface area contributed by atoms with E-state index in [0.717, 1.165) is 12.3 Å². The van der Waals surface area contributed by atoms with Crippen molar-refractivity contribution in [2.24, 2.45) is 0 Å². The maximum atomic E-state index is 5.46.